The molecule has 0 nitrogen and oxygen atoms in total. The normalized spacial score (nSPS) is 11.8. The van der Waals surface area contributed by atoms with Crippen molar-refractivity contribution in [1.29, 1.82) is 0 Å². The summed E-state index contributed by atoms with van der Waals surface area (Å²) in [5.74, 6) is 0. The molecule has 0 bridgehead atoms. The first-order valence-corrected chi connectivity index (χ1v) is 5.08. The van der Waals surface area contributed by atoms with Gasteiger partial charge in [-0.25, -0.2) is 0 Å². The van der Waals surface area contributed by atoms with Crippen LogP contribution in [0.15, 0.2) is 23.1 Å². The molecule has 0 saturated heterocycles. The van der Waals surface area contributed by atoms with Gasteiger partial charge in [0.2, 0.25) is 0 Å². The summed E-state index contributed by atoms with van der Waals surface area (Å²) in [5, 5.41) is 0. The summed E-state index contributed by atoms with van der Waals surface area (Å²) in [5.41, 5.74) is -2.38. The molecular formula is C10H11F3S. The smallest absolute Gasteiger partial charge is 0.160 e. The first kappa shape index (κ1) is 11.4. The molecular weight excluding hydrogens is 209 g/mol. The number of thioether (sulfide) groups is 1. The van der Waals surface area contributed by atoms with Crippen LogP contribution in [0.5, 0.6) is 0 Å². The molecule has 0 unspecified atom stereocenters. The fraction of sp³-hybridized carbons (Fsp3) is 0.400. The van der Waals surface area contributed by atoms with Gasteiger partial charge < -0.3 is 0 Å². The van der Waals surface area contributed by atoms with Crippen LogP contribution in [0.1, 0.15) is 18.1 Å². The van der Waals surface area contributed by atoms with Crippen LogP contribution in [0.25, 0.3) is 0 Å². The molecule has 0 aliphatic rings. The van der Waals surface area contributed by atoms with Gasteiger partial charge >= 0.3 is 5.51 Å². The van der Waals surface area contributed by atoms with E-state index < -0.39 is 5.51 Å². The Labute approximate surface area is 85.5 Å². The molecule has 0 heterocycles. The molecule has 1 aromatic rings. The maximum absolute atomic E-state index is 12.1. The average molecular weight is 220 g/mol. The maximum Gasteiger partial charge on any atom is 0.446 e. The summed E-state index contributed by atoms with van der Waals surface area (Å²) >= 11 is -0.0556. The third-order valence-electron chi connectivity index (χ3n) is 1.75. The molecule has 1 aromatic carbocycles. The van der Waals surface area contributed by atoms with E-state index >= 15 is 0 Å². The van der Waals surface area contributed by atoms with Gasteiger partial charge in [0.15, 0.2) is 0 Å². The largest absolute Gasteiger partial charge is 0.446 e. The Kier molecular flexibility index (Phi) is 3.48. The second-order valence-corrected chi connectivity index (χ2v) is 4.19. The fourth-order valence-electron chi connectivity index (χ4n) is 1.22. The molecule has 0 radical (unpaired) electrons. The van der Waals surface area contributed by atoms with Crippen molar-refractivity contribution in [3.63, 3.8) is 0 Å². The van der Waals surface area contributed by atoms with Gasteiger partial charge in [-0.1, -0.05) is 13.0 Å². The quantitative estimate of drug-likeness (QED) is 0.674. The molecule has 0 fully saturated rings. The van der Waals surface area contributed by atoms with Crippen molar-refractivity contribution in [3.8, 4) is 0 Å². The molecule has 0 aromatic heterocycles. The molecule has 0 N–H and O–H groups in total. The zero-order valence-electron chi connectivity index (χ0n) is 7.98. The Morgan fingerprint density at radius 2 is 1.86 bits per heavy atom. The maximum atomic E-state index is 12.1. The molecule has 0 atom stereocenters. The molecule has 0 spiro atoms. The Balaban J connectivity index is 2.92. The highest BCUT2D eigenvalue weighted by Crippen LogP contribution is 2.37. The summed E-state index contributed by atoms with van der Waals surface area (Å²) in [4.78, 5) is 0.273. The van der Waals surface area contributed by atoms with Crippen LogP contribution in [0.3, 0.4) is 0 Å². The Hall–Kier alpha value is -0.640. The van der Waals surface area contributed by atoms with E-state index in [1.807, 2.05) is 13.0 Å². The van der Waals surface area contributed by atoms with Gasteiger partial charge in [0.05, 0.1) is 0 Å². The van der Waals surface area contributed by atoms with Crippen molar-refractivity contribution >= 4 is 11.8 Å². The number of halogens is 3. The van der Waals surface area contributed by atoms with E-state index in [0.717, 1.165) is 17.5 Å². The van der Waals surface area contributed by atoms with Crippen LogP contribution >= 0.6 is 11.8 Å². The first-order valence-electron chi connectivity index (χ1n) is 4.27. The number of hydrogen-bond donors (Lipinski definition) is 0. The molecule has 78 valence electrons. The molecule has 14 heavy (non-hydrogen) atoms. The minimum atomic E-state index is -4.20. The topological polar surface area (TPSA) is 0 Å². The minimum absolute atomic E-state index is 0.0556. The van der Waals surface area contributed by atoms with Gasteiger partial charge in [0.1, 0.15) is 0 Å². The zero-order chi connectivity index (χ0) is 10.8. The number of rotatable bonds is 2. The Morgan fingerprint density at radius 1 is 1.21 bits per heavy atom. The molecule has 0 saturated carbocycles. The van der Waals surface area contributed by atoms with Crippen molar-refractivity contribution in [2.75, 3.05) is 0 Å². The molecule has 0 amide bonds. The second-order valence-electron chi connectivity index (χ2n) is 3.06. The van der Waals surface area contributed by atoms with Crippen molar-refractivity contribution in [1.82, 2.24) is 0 Å². The van der Waals surface area contributed by atoms with Crippen molar-refractivity contribution in [2.24, 2.45) is 0 Å². The van der Waals surface area contributed by atoms with Crippen molar-refractivity contribution < 1.29 is 13.2 Å². The van der Waals surface area contributed by atoms with Crippen LogP contribution in [-0.2, 0) is 6.42 Å². The summed E-state index contributed by atoms with van der Waals surface area (Å²) < 4.78 is 36.2. The summed E-state index contributed by atoms with van der Waals surface area (Å²) in [6, 6.07) is 5.04. The van der Waals surface area contributed by atoms with Crippen LogP contribution in [0.2, 0.25) is 0 Å². The SMILES string of the molecule is CCc1cc(C)cc(SC(F)(F)F)c1. The van der Waals surface area contributed by atoms with E-state index in [2.05, 4.69) is 0 Å². The second kappa shape index (κ2) is 4.26. The van der Waals surface area contributed by atoms with Gasteiger partial charge in [-0.15, -0.1) is 0 Å². The highest BCUT2D eigenvalue weighted by atomic mass is 32.2. The number of hydrogen-bond acceptors (Lipinski definition) is 1. The van der Waals surface area contributed by atoms with Crippen molar-refractivity contribution in [2.45, 2.75) is 30.7 Å². The lowest BCUT2D eigenvalue weighted by molar-refractivity contribution is -0.0328. The summed E-state index contributed by atoms with van der Waals surface area (Å²) in [7, 11) is 0. The van der Waals surface area contributed by atoms with Crippen LogP contribution in [0, 0.1) is 6.92 Å². The number of aryl methyl sites for hydroxylation is 2. The first-order chi connectivity index (χ1) is 6.40. The zero-order valence-corrected chi connectivity index (χ0v) is 8.80. The average Bonchev–Trinajstić information content (AvgIpc) is 1.99. The highest BCUT2D eigenvalue weighted by Gasteiger charge is 2.29. The lowest BCUT2D eigenvalue weighted by atomic mass is 10.1. The van der Waals surface area contributed by atoms with Crippen molar-refractivity contribution in [3.05, 3.63) is 29.3 Å². The van der Waals surface area contributed by atoms with Gasteiger partial charge in [0, 0.05) is 4.90 Å². The predicted octanol–water partition coefficient (Wildman–Crippen LogP) is 4.17. The molecule has 4 heteroatoms. The third-order valence-corrected chi connectivity index (χ3v) is 2.46. The van der Waals surface area contributed by atoms with E-state index in [9.17, 15) is 13.2 Å². The molecule has 0 aliphatic heterocycles. The van der Waals surface area contributed by atoms with E-state index in [1.54, 1.807) is 19.1 Å². The lowest BCUT2D eigenvalue weighted by Crippen LogP contribution is -1.99. The van der Waals surface area contributed by atoms with Gasteiger partial charge in [-0.05, 0) is 48.4 Å². The molecule has 0 aliphatic carbocycles. The Morgan fingerprint density at radius 3 is 2.36 bits per heavy atom. The van der Waals surface area contributed by atoms with E-state index in [4.69, 9.17) is 0 Å². The summed E-state index contributed by atoms with van der Waals surface area (Å²) in [6.07, 6.45) is 0.757. The van der Waals surface area contributed by atoms with Crippen LogP contribution in [-0.4, -0.2) is 5.51 Å². The third kappa shape index (κ3) is 3.62. The lowest BCUT2D eigenvalue weighted by Gasteiger charge is -2.08. The van der Waals surface area contributed by atoms with E-state index in [0.29, 0.717) is 0 Å². The van der Waals surface area contributed by atoms with Crippen LogP contribution in [0.4, 0.5) is 13.2 Å². The standard InChI is InChI=1S/C10H11F3S/c1-3-8-4-7(2)5-9(6-8)14-10(11,12)13/h4-6H,3H2,1-2H3. The Bertz CT molecular complexity index is 318. The van der Waals surface area contributed by atoms with E-state index in [-0.39, 0.29) is 16.7 Å². The fourth-order valence-corrected chi connectivity index (χ4v) is 1.94. The number of benzene rings is 1. The van der Waals surface area contributed by atoms with Gasteiger partial charge in [-0.3, -0.25) is 0 Å². The minimum Gasteiger partial charge on any atom is -0.160 e. The van der Waals surface area contributed by atoms with Gasteiger partial charge in [-0.2, -0.15) is 13.2 Å². The predicted molar refractivity (Wildman–Crippen MR) is 52.5 cm³/mol. The summed E-state index contributed by atoms with van der Waals surface area (Å²) in [6.45, 7) is 3.73. The number of alkyl halides is 3. The van der Waals surface area contributed by atoms with E-state index in [1.165, 1.54) is 0 Å². The highest BCUT2D eigenvalue weighted by molar-refractivity contribution is 8.00. The monoisotopic (exact) mass is 220 g/mol. The van der Waals surface area contributed by atoms with Gasteiger partial charge in [0.25, 0.3) is 0 Å². The molecule has 1 rings (SSSR count). The van der Waals surface area contributed by atoms with Crippen LogP contribution < -0.4 is 0 Å².